The molecule has 3 aromatic carbocycles. The van der Waals surface area contributed by atoms with Crippen molar-refractivity contribution in [2.24, 2.45) is 21.4 Å². The van der Waals surface area contributed by atoms with Gasteiger partial charge in [-0.25, -0.2) is 23.1 Å². The number of hydrogen-bond donors (Lipinski definition) is 0. The SMILES string of the molecule is O=C1[C@@H]2N=NN(CC(=O)N3N=C4/C(=C\c5ccc(F)cc5)CCC[C@@H]4[C@H]3c3ccc(F)cc3)[C@H]2C(=O)N1c1cccc(F)c1. The highest BCUT2D eigenvalue weighted by molar-refractivity contribution is 6.25. The number of hydrazone groups is 1. The van der Waals surface area contributed by atoms with Crippen LogP contribution in [-0.4, -0.2) is 52.1 Å². The second-order valence-electron chi connectivity index (χ2n) is 11.1. The Morgan fingerprint density at radius 1 is 0.886 bits per heavy atom. The van der Waals surface area contributed by atoms with E-state index in [0.29, 0.717) is 17.7 Å². The van der Waals surface area contributed by atoms with Gasteiger partial charge in [-0.05, 0) is 84.5 Å². The summed E-state index contributed by atoms with van der Waals surface area (Å²) in [6.07, 6.45) is 4.20. The van der Waals surface area contributed by atoms with Gasteiger partial charge in [-0.1, -0.05) is 35.6 Å². The van der Waals surface area contributed by atoms with Gasteiger partial charge in [-0.3, -0.25) is 19.4 Å². The number of anilines is 1. The third-order valence-electron chi connectivity index (χ3n) is 8.40. The van der Waals surface area contributed by atoms with Gasteiger partial charge in [0.2, 0.25) is 0 Å². The number of carbonyl (C=O) groups is 3. The number of allylic oxidation sites excluding steroid dienone is 1. The highest BCUT2D eigenvalue weighted by Gasteiger charge is 2.55. The molecule has 3 heterocycles. The van der Waals surface area contributed by atoms with Crippen LogP contribution in [0, 0.1) is 23.4 Å². The fourth-order valence-electron chi connectivity index (χ4n) is 6.40. The van der Waals surface area contributed by atoms with Crippen LogP contribution in [0.2, 0.25) is 0 Å². The second-order valence-corrected chi connectivity index (χ2v) is 11.1. The molecular formula is C32H25F3N6O3. The molecule has 0 bridgehead atoms. The van der Waals surface area contributed by atoms with Gasteiger partial charge in [0.05, 0.1) is 17.4 Å². The molecule has 44 heavy (non-hydrogen) atoms. The average Bonchev–Trinajstić information content (AvgIpc) is 3.68. The lowest BCUT2D eigenvalue weighted by molar-refractivity contribution is -0.136. The molecule has 0 radical (unpaired) electrons. The van der Waals surface area contributed by atoms with Gasteiger partial charge in [-0.15, -0.1) is 0 Å². The van der Waals surface area contributed by atoms with Gasteiger partial charge in [0.25, 0.3) is 17.7 Å². The Balaban J connectivity index is 1.19. The molecule has 1 saturated heterocycles. The smallest absolute Gasteiger partial charge is 0.264 e. The Morgan fingerprint density at radius 3 is 2.34 bits per heavy atom. The Kier molecular flexibility index (Phi) is 6.83. The largest absolute Gasteiger partial charge is 0.271 e. The van der Waals surface area contributed by atoms with Crippen molar-refractivity contribution in [3.05, 3.63) is 107 Å². The van der Waals surface area contributed by atoms with Crippen LogP contribution in [0.5, 0.6) is 0 Å². The predicted octanol–water partition coefficient (Wildman–Crippen LogP) is 5.22. The normalized spacial score (nSPS) is 25.1. The lowest BCUT2D eigenvalue weighted by atomic mass is 9.77. The predicted molar refractivity (Wildman–Crippen MR) is 153 cm³/mol. The zero-order chi connectivity index (χ0) is 30.5. The number of fused-ring (bicyclic) bond motifs is 2. The summed E-state index contributed by atoms with van der Waals surface area (Å²) < 4.78 is 41.3. The van der Waals surface area contributed by atoms with Crippen LogP contribution in [0.25, 0.3) is 6.08 Å². The maximum Gasteiger partial charge on any atom is 0.264 e. The first-order chi connectivity index (χ1) is 21.3. The molecule has 4 atom stereocenters. The van der Waals surface area contributed by atoms with Crippen molar-refractivity contribution >= 4 is 35.2 Å². The number of amides is 3. The first-order valence-corrected chi connectivity index (χ1v) is 14.2. The van der Waals surface area contributed by atoms with Crippen LogP contribution in [0.15, 0.2) is 93.8 Å². The lowest BCUT2D eigenvalue weighted by Gasteiger charge is -2.30. The molecule has 4 aliphatic rings. The molecular weight excluding hydrogens is 573 g/mol. The summed E-state index contributed by atoms with van der Waals surface area (Å²) in [5.41, 5.74) is 3.19. The van der Waals surface area contributed by atoms with Crippen molar-refractivity contribution in [1.82, 2.24) is 10.0 Å². The fraction of sp³-hybridized carbons (Fsp3) is 0.250. The molecule has 1 aliphatic carbocycles. The van der Waals surface area contributed by atoms with E-state index in [1.54, 1.807) is 24.3 Å². The summed E-state index contributed by atoms with van der Waals surface area (Å²) in [4.78, 5) is 41.3. The number of carbonyl (C=O) groups excluding carboxylic acids is 3. The molecule has 222 valence electrons. The van der Waals surface area contributed by atoms with Crippen molar-refractivity contribution in [2.75, 3.05) is 11.4 Å². The Hall–Kier alpha value is -5.13. The number of benzene rings is 3. The third kappa shape index (κ3) is 4.76. The first-order valence-electron chi connectivity index (χ1n) is 14.2. The van der Waals surface area contributed by atoms with Crippen molar-refractivity contribution in [2.45, 2.75) is 37.4 Å². The highest BCUT2D eigenvalue weighted by Crippen LogP contribution is 2.45. The Morgan fingerprint density at radius 2 is 1.61 bits per heavy atom. The van der Waals surface area contributed by atoms with Crippen molar-refractivity contribution in [3.8, 4) is 0 Å². The number of halogens is 3. The maximum atomic E-state index is 14.0. The van der Waals surface area contributed by atoms with Gasteiger partial charge >= 0.3 is 0 Å². The van der Waals surface area contributed by atoms with Gasteiger partial charge in [0, 0.05) is 5.92 Å². The van der Waals surface area contributed by atoms with Gasteiger partial charge < -0.3 is 0 Å². The number of nitrogens with zero attached hydrogens (tertiary/aromatic N) is 6. The standard InChI is InChI=1S/C32H25F3N6O3/c33-21-11-7-18(8-12-21)15-20-3-1-6-25-27(20)37-41(29(25)19-9-13-22(34)14-10-19)26(42)17-39-30-28(36-38-39)31(43)40(32(30)44)24-5-2-4-23(35)16-24/h2,4-5,7-16,25,28-30H,1,3,6,17H2/b20-15-/t25-,28+,29+,30+/m0/s1. The molecule has 3 aromatic rings. The van der Waals surface area contributed by atoms with Crippen molar-refractivity contribution in [3.63, 3.8) is 0 Å². The molecule has 0 unspecified atom stereocenters. The number of rotatable bonds is 5. The molecule has 0 N–H and O–H groups in total. The Bertz CT molecular complexity index is 1760. The van der Waals surface area contributed by atoms with E-state index in [2.05, 4.69) is 10.3 Å². The molecule has 2 fully saturated rings. The minimum atomic E-state index is -1.16. The monoisotopic (exact) mass is 598 g/mol. The van der Waals surface area contributed by atoms with E-state index in [-0.39, 0.29) is 17.4 Å². The van der Waals surface area contributed by atoms with Crippen LogP contribution in [0.4, 0.5) is 18.9 Å². The average molecular weight is 599 g/mol. The van der Waals surface area contributed by atoms with E-state index < -0.39 is 54.0 Å². The molecule has 1 saturated carbocycles. The highest BCUT2D eigenvalue weighted by atomic mass is 19.1. The summed E-state index contributed by atoms with van der Waals surface area (Å²) in [5, 5.41) is 15.3. The van der Waals surface area contributed by atoms with Crippen LogP contribution in [0.3, 0.4) is 0 Å². The molecule has 0 spiro atoms. The van der Waals surface area contributed by atoms with Crippen LogP contribution in [0.1, 0.15) is 36.4 Å². The van der Waals surface area contributed by atoms with E-state index in [4.69, 9.17) is 5.10 Å². The van der Waals surface area contributed by atoms with Crippen LogP contribution >= 0.6 is 0 Å². The van der Waals surface area contributed by atoms with Gasteiger partial charge in [0.15, 0.2) is 12.1 Å². The second kappa shape index (κ2) is 10.9. The lowest BCUT2D eigenvalue weighted by Crippen LogP contribution is -2.45. The summed E-state index contributed by atoms with van der Waals surface area (Å²) in [7, 11) is 0. The summed E-state index contributed by atoms with van der Waals surface area (Å²) >= 11 is 0. The number of hydrogen-bond acceptors (Lipinski definition) is 7. The van der Waals surface area contributed by atoms with Crippen LogP contribution in [-0.2, 0) is 14.4 Å². The molecule has 0 aromatic heterocycles. The summed E-state index contributed by atoms with van der Waals surface area (Å²) in [5.74, 6) is -3.36. The molecule has 3 amide bonds. The van der Waals surface area contributed by atoms with E-state index in [0.717, 1.165) is 34.9 Å². The topological polar surface area (TPSA) is 98.0 Å². The minimum Gasteiger partial charge on any atom is -0.271 e. The zero-order valence-corrected chi connectivity index (χ0v) is 23.2. The molecule has 3 aliphatic heterocycles. The minimum absolute atomic E-state index is 0.0720. The van der Waals surface area contributed by atoms with Crippen molar-refractivity contribution in [1.29, 1.82) is 0 Å². The fourth-order valence-corrected chi connectivity index (χ4v) is 6.40. The summed E-state index contributed by atoms with van der Waals surface area (Å²) in [6, 6.07) is 14.2. The number of imide groups is 1. The Labute approximate surface area is 249 Å². The van der Waals surface area contributed by atoms with E-state index in [9.17, 15) is 27.6 Å². The maximum absolute atomic E-state index is 14.0. The first kappa shape index (κ1) is 27.7. The van der Waals surface area contributed by atoms with Crippen LogP contribution < -0.4 is 4.90 Å². The zero-order valence-electron chi connectivity index (χ0n) is 23.2. The molecule has 9 nitrogen and oxygen atoms in total. The summed E-state index contributed by atoms with van der Waals surface area (Å²) in [6.45, 7) is -0.404. The van der Waals surface area contributed by atoms with Gasteiger partial charge in [-0.2, -0.15) is 10.2 Å². The third-order valence-corrected chi connectivity index (χ3v) is 8.40. The van der Waals surface area contributed by atoms with E-state index in [1.807, 2.05) is 6.08 Å². The quantitative estimate of drug-likeness (QED) is 0.376. The van der Waals surface area contributed by atoms with Crippen molar-refractivity contribution < 1.29 is 27.6 Å². The van der Waals surface area contributed by atoms with Gasteiger partial charge in [0.1, 0.15) is 24.0 Å². The molecule has 12 heteroatoms. The van der Waals surface area contributed by atoms with E-state index >= 15 is 0 Å². The molecule has 7 rings (SSSR count). The van der Waals surface area contributed by atoms with E-state index in [1.165, 1.54) is 52.5 Å².